The summed E-state index contributed by atoms with van der Waals surface area (Å²) in [7, 11) is 0. The molecular weight excluding hydrogens is 340 g/mol. The molecule has 1 heterocycles. The first kappa shape index (κ1) is 17.0. The number of aliphatic hydroxyl groups is 1. The van der Waals surface area contributed by atoms with Gasteiger partial charge in [-0.2, -0.15) is 0 Å². The van der Waals surface area contributed by atoms with Gasteiger partial charge in [-0.1, -0.05) is 6.07 Å². The van der Waals surface area contributed by atoms with Gasteiger partial charge in [0, 0.05) is 22.7 Å². The minimum Gasteiger partial charge on any atom is -0.392 e. The molecule has 5 heteroatoms. The lowest BCUT2D eigenvalue weighted by atomic mass is 9.75. The van der Waals surface area contributed by atoms with Gasteiger partial charge in [0.2, 0.25) is 5.91 Å². The van der Waals surface area contributed by atoms with E-state index in [-0.39, 0.29) is 23.4 Å². The van der Waals surface area contributed by atoms with Crippen molar-refractivity contribution in [2.75, 3.05) is 5.32 Å². The number of carbonyl (C=O) groups is 1. The summed E-state index contributed by atoms with van der Waals surface area (Å²) < 4.78 is 1.52. The quantitative estimate of drug-likeness (QED) is 0.873. The van der Waals surface area contributed by atoms with Crippen molar-refractivity contribution < 1.29 is 9.90 Å². The molecule has 0 radical (unpaired) electrons. The molecule has 0 aliphatic heterocycles. The number of nitrogens with one attached hydrogen (secondary N) is 1. The van der Waals surface area contributed by atoms with E-state index in [9.17, 15) is 14.7 Å². The van der Waals surface area contributed by atoms with Gasteiger partial charge < -0.3 is 15.0 Å². The minimum atomic E-state index is -0.588. The number of aliphatic hydroxyl groups excluding tert-OH is 1. The van der Waals surface area contributed by atoms with E-state index in [0.29, 0.717) is 11.3 Å². The van der Waals surface area contributed by atoms with E-state index >= 15 is 0 Å². The highest BCUT2D eigenvalue weighted by Gasteiger charge is 2.61. The predicted molar refractivity (Wildman–Crippen MR) is 105 cm³/mol. The minimum absolute atomic E-state index is 0.136. The Morgan fingerprint density at radius 1 is 1.22 bits per heavy atom. The summed E-state index contributed by atoms with van der Waals surface area (Å²) in [5, 5.41) is 14.1. The van der Waals surface area contributed by atoms with Crippen molar-refractivity contribution in [2.45, 2.75) is 51.7 Å². The average Bonchev–Trinajstić information content (AvgIpc) is 3.03. The van der Waals surface area contributed by atoms with Crippen LogP contribution < -0.4 is 10.9 Å². The molecule has 4 aliphatic carbocycles. The first-order chi connectivity index (χ1) is 13.0. The van der Waals surface area contributed by atoms with Gasteiger partial charge in [-0.25, -0.2) is 0 Å². The molecule has 1 amide bonds. The number of benzene rings is 1. The van der Waals surface area contributed by atoms with Crippen LogP contribution in [0.3, 0.4) is 0 Å². The van der Waals surface area contributed by atoms with Crippen molar-refractivity contribution in [1.29, 1.82) is 0 Å². The third kappa shape index (κ3) is 2.55. The molecule has 1 aromatic heterocycles. The van der Waals surface area contributed by atoms with Crippen molar-refractivity contribution >= 4 is 22.4 Å². The molecule has 4 aliphatic rings. The summed E-state index contributed by atoms with van der Waals surface area (Å²) in [6.45, 7) is 1.93. The smallest absolute Gasteiger partial charge is 0.258 e. The summed E-state index contributed by atoms with van der Waals surface area (Å²) in [4.78, 5) is 26.0. The van der Waals surface area contributed by atoms with Gasteiger partial charge in [0.15, 0.2) is 0 Å². The topological polar surface area (TPSA) is 71.3 Å². The van der Waals surface area contributed by atoms with Crippen molar-refractivity contribution in [2.24, 2.45) is 23.2 Å². The molecule has 0 spiro atoms. The lowest BCUT2D eigenvalue weighted by Crippen LogP contribution is -2.37. The molecule has 1 aromatic carbocycles. The second-order valence-corrected chi connectivity index (χ2v) is 9.04. The van der Waals surface area contributed by atoms with E-state index in [2.05, 4.69) is 5.32 Å². The maximum atomic E-state index is 13.3. The van der Waals surface area contributed by atoms with E-state index in [0.717, 1.165) is 35.8 Å². The third-order valence-corrected chi connectivity index (χ3v) is 7.17. The Hall–Kier alpha value is -2.14. The standard InChI is InChI=1S/C22H26N2O3/c1-13(25)12-24-6-5-17-18(20(24)26)3-2-4-19(17)23-21(27)22-10-14-7-15(11-22)9-16(22)8-14/h2-6,13-16,25H,7-12H2,1H3,(H,23,27)/t13?,14-,15+,16?,22?. The number of amides is 1. The molecule has 4 fully saturated rings. The van der Waals surface area contributed by atoms with Crippen LogP contribution >= 0.6 is 0 Å². The number of hydrogen-bond donors (Lipinski definition) is 2. The summed E-state index contributed by atoms with van der Waals surface area (Å²) in [5.41, 5.74) is 0.403. The van der Waals surface area contributed by atoms with Crippen LogP contribution in [0.2, 0.25) is 0 Å². The van der Waals surface area contributed by atoms with Gasteiger partial charge in [-0.15, -0.1) is 0 Å². The summed E-state index contributed by atoms with van der Waals surface area (Å²) in [6.07, 6.45) is 6.91. The lowest BCUT2D eigenvalue weighted by molar-refractivity contribution is -0.127. The molecule has 2 aromatic rings. The number of fused-ring (bicyclic) bond motifs is 1. The summed E-state index contributed by atoms with van der Waals surface area (Å²) in [6, 6.07) is 7.36. The van der Waals surface area contributed by atoms with Gasteiger partial charge in [-0.05, 0) is 75.0 Å². The Labute approximate surface area is 158 Å². The molecule has 2 N–H and O–H groups in total. The van der Waals surface area contributed by atoms with Gasteiger partial charge in [0.25, 0.3) is 5.56 Å². The number of anilines is 1. The Morgan fingerprint density at radius 2 is 1.96 bits per heavy atom. The van der Waals surface area contributed by atoms with Gasteiger partial charge >= 0.3 is 0 Å². The molecule has 0 saturated heterocycles. The second-order valence-electron chi connectivity index (χ2n) is 9.04. The average molecular weight is 366 g/mol. The van der Waals surface area contributed by atoms with Crippen molar-refractivity contribution in [1.82, 2.24) is 4.57 Å². The molecular formula is C22H26N2O3. The molecule has 5 atom stereocenters. The fourth-order valence-electron chi connectivity index (χ4n) is 6.27. The largest absolute Gasteiger partial charge is 0.392 e. The van der Waals surface area contributed by atoms with Gasteiger partial charge in [0.05, 0.1) is 18.1 Å². The number of carbonyl (C=O) groups excluding carboxylic acids is 1. The van der Waals surface area contributed by atoms with E-state index < -0.39 is 6.10 Å². The first-order valence-corrected chi connectivity index (χ1v) is 10.1. The lowest BCUT2D eigenvalue weighted by Gasteiger charge is -2.31. The number of nitrogens with zero attached hydrogens (tertiary/aromatic N) is 1. The normalized spacial score (nSPS) is 32.1. The molecule has 4 bridgehead atoms. The SMILES string of the molecule is CC(O)Cn1ccc2c(NC(=O)C34C[C@@H]5CC3C[C@@H](C5)C4)cccc2c1=O. The Balaban J connectivity index is 1.48. The number of pyridine rings is 1. The summed E-state index contributed by atoms with van der Waals surface area (Å²) >= 11 is 0. The van der Waals surface area contributed by atoms with Crippen LogP contribution in [0.1, 0.15) is 39.0 Å². The molecule has 142 valence electrons. The summed E-state index contributed by atoms with van der Waals surface area (Å²) in [5.74, 6) is 2.15. The zero-order valence-electron chi connectivity index (χ0n) is 15.6. The fourth-order valence-corrected chi connectivity index (χ4v) is 6.27. The highest BCUT2D eigenvalue weighted by atomic mass is 16.3. The highest BCUT2D eigenvalue weighted by Crippen LogP contribution is 2.65. The third-order valence-electron chi connectivity index (χ3n) is 7.17. The van der Waals surface area contributed by atoms with Crippen LogP contribution in [0.4, 0.5) is 5.69 Å². The van der Waals surface area contributed by atoms with Crippen LogP contribution in [-0.4, -0.2) is 21.7 Å². The zero-order chi connectivity index (χ0) is 18.8. The second kappa shape index (κ2) is 5.93. The van der Waals surface area contributed by atoms with Crippen molar-refractivity contribution in [3.8, 4) is 0 Å². The predicted octanol–water partition coefficient (Wildman–Crippen LogP) is 3.15. The Kier molecular flexibility index (Phi) is 3.73. The Morgan fingerprint density at radius 3 is 2.67 bits per heavy atom. The number of aromatic nitrogens is 1. The van der Waals surface area contributed by atoms with Gasteiger partial charge in [-0.3, -0.25) is 9.59 Å². The van der Waals surface area contributed by atoms with E-state index in [1.165, 1.54) is 23.8 Å². The monoisotopic (exact) mass is 366 g/mol. The van der Waals surface area contributed by atoms with E-state index in [4.69, 9.17) is 0 Å². The van der Waals surface area contributed by atoms with Crippen LogP contribution in [0.15, 0.2) is 35.3 Å². The fraction of sp³-hybridized carbons (Fsp3) is 0.545. The van der Waals surface area contributed by atoms with Crippen LogP contribution in [-0.2, 0) is 11.3 Å². The van der Waals surface area contributed by atoms with Crippen LogP contribution in [0, 0.1) is 23.2 Å². The van der Waals surface area contributed by atoms with Crippen LogP contribution in [0.5, 0.6) is 0 Å². The Bertz CT molecular complexity index is 963. The molecule has 5 nitrogen and oxygen atoms in total. The van der Waals surface area contributed by atoms with E-state index in [1.54, 1.807) is 19.2 Å². The highest BCUT2D eigenvalue weighted by molar-refractivity contribution is 6.04. The molecule has 4 saturated carbocycles. The molecule has 6 rings (SSSR count). The number of rotatable bonds is 4. The van der Waals surface area contributed by atoms with Crippen LogP contribution in [0.25, 0.3) is 10.8 Å². The molecule has 27 heavy (non-hydrogen) atoms. The maximum absolute atomic E-state index is 13.3. The van der Waals surface area contributed by atoms with E-state index in [1.807, 2.05) is 18.2 Å². The van der Waals surface area contributed by atoms with Crippen molar-refractivity contribution in [3.63, 3.8) is 0 Å². The first-order valence-electron chi connectivity index (χ1n) is 10.1. The zero-order valence-corrected chi connectivity index (χ0v) is 15.6. The molecule has 3 unspecified atom stereocenters. The van der Waals surface area contributed by atoms with Crippen molar-refractivity contribution in [3.05, 3.63) is 40.8 Å². The maximum Gasteiger partial charge on any atom is 0.258 e. The van der Waals surface area contributed by atoms with Gasteiger partial charge in [0.1, 0.15) is 0 Å². The number of hydrogen-bond acceptors (Lipinski definition) is 3.